The van der Waals surface area contributed by atoms with Gasteiger partial charge in [0.2, 0.25) is 10.0 Å². The van der Waals surface area contributed by atoms with Crippen molar-refractivity contribution < 1.29 is 17.2 Å². The summed E-state index contributed by atoms with van der Waals surface area (Å²) in [4.78, 5) is -0.104. The topological polar surface area (TPSA) is 76.0 Å². The van der Waals surface area contributed by atoms with Crippen molar-refractivity contribution in [3.05, 3.63) is 12.4 Å². The molecule has 1 heterocycles. The van der Waals surface area contributed by atoms with E-state index in [2.05, 4.69) is 10.4 Å². The summed E-state index contributed by atoms with van der Waals surface area (Å²) in [5.41, 5.74) is 0. The van der Waals surface area contributed by atoms with Gasteiger partial charge in [-0.25, -0.2) is 21.9 Å². The second-order valence-electron chi connectivity index (χ2n) is 3.64. The van der Waals surface area contributed by atoms with Crippen LogP contribution in [0, 0.1) is 0 Å². The minimum absolute atomic E-state index is 0.104. The zero-order valence-electron chi connectivity index (χ0n) is 9.94. The van der Waals surface area contributed by atoms with Gasteiger partial charge in [0, 0.05) is 12.7 Å². The van der Waals surface area contributed by atoms with Crippen LogP contribution in [0.5, 0.6) is 0 Å². The summed E-state index contributed by atoms with van der Waals surface area (Å²) in [6.07, 6.45) is 0.545. The van der Waals surface area contributed by atoms with Crippen LogP contribution in [-0.2, 0) is 16.6 Å². The third-order valence-corrected chi connectivity index (χ3v) is 3.54. The molecule has 18 heavy (non-hydrogen) atoms. The third kappa shape index (κ3) is 4.67. The third-order valence-electron chi connectivity index (χ3n) is 2.16. The highest BCUT2D eigenvalue weighted by molar-refractivity contribution is 7.89. The van der Waals surface area contributed by atoms with Crippen LogP contribution in [0.25, 0.3) is 0 Å². The lowest BCUT2D eigenvalue weighted by Crippen LogP contribution is -2.28. The Morgan fingerprint density at radius 1 is 1.50 bits per heavy atom. The highest BCUT2D eigenvalue weighted by Gasteiger charge is 2.18. The Morgan fingerprint density at radius 2 is 2.22 bits per heavy atom. The molecule has 1 rings (SSSR count). The fraction of sp³-hybridized carbons (Fsp3) is 0.667. The zero-order chi connectivity index (χ0) is 13.6. The van der Waals surface area contributed by atoms with Crippen LogP contribution in [0.3, 0.4) is 0 Å². The smallest absolute Gasteiger partial charge is 0.251 e. The highest BCUT2D eigenvalue weighted by atomic mass is 32.2. The quantitative estimate of drug-likeness (QED) is 0.660. The molecule has 1 aromatic rings. The van der Waals surface area contributed by atoms with E-state index in [-0.39, 0.29) is 4.90 Å². The molecule has 0 saturated heterocycles. The number of sulfonamides is 1. The van der Waals surface area contributed by atoms with Gasteiger partial charge in [-0.15, -0.1) is 0 Å². The van der Waals surface area contributed by atoms with Crippen molar-refractivity contribution in [1.29, 1.82) is 0 Å². The van der Waals surface area contributed by atoms with Crippen molar-refractivity contribution in [3.63, 3.8) is 0 Å². The first-order chi connectivity index (χ1) is 8.45. The lowest BCUT2D eigenvalue weighted by atomic mass is 10.4. The van der Waals surface area contributed by atoms with Crippen molar-refractivity contribution in [3.8, 4) is 0 Å². The number of nitrogens with one attached hydrogen (secondary N) is 2. The molecular weight excluding hydrogens is 266 g/mol. The zero-order valence-corrected chi connectivity index (χ0v) is 10.8. The van der Waals surface area contributed by atoms with Crippen LogP contribution in [0.15, 0.2) is 17.3 Å². The molecule has 0 aliphatic rings. The predicted molar refractivity (Wildman–Crippen MR) is 62.0 cm³/mol. The molecule has 0 bridgehead atoms. The first-order valence-corrected chi connectivity index (χ1v) is 6.89. The molecule has 0 saturated carbocycles. The van der Waals surface area contributed by atoms with E-state index in [1.165, 1.54) is 10.9 Å². The Balaban J connectivity index is 2.60. The van der Waals surface area contributed by atoms with Crippen molar-refractivity contribution in [2.45, 2.75) is 24.3 Å². The van der Waals surface area contributed by atoms with Crippen LogP contribution in [0.2, 0.25) is 0 Å². The lowest BCUT2D eigenvalue weighted by Gasteiger charge is -2.03. The summed E-state index contributed by atoms with van der Waals surface area (Å²) in [5.74, 6) is 0. The molecular formula is C9H16F2N4O2S. The Labute approximate surface area is 104 Å². The molecule has 0 atom stereocenters. The fourth-order valence-corrected chi connectivity index (χ4v) is 2.24. The van der Waals surface area contributed by atoms with E-state index in [1.54, 1.807) is 0 Å². The molecule has 1 aromatic heterocycles. The Kier molecular flexibility index (Phi) is 5.63. The molecule has 6 nitrogen and oxygen atoms in total. The van der Waals surface area contributed by atoms with Crippen LogP contribution < -0.4 is 10.0 Å². The molecule has 0 radical (unpaired) electrons. The van der Waals surface area contributed by atoms with Gasteiger partial charge in [-0.05, 0) is 20.0 Å². The van der Waals surface area contributed by atoms with Gasteiger partial charge < -0.3 is 5.32 Å². The Hall–Kier alpha value is -1.06. The summed E-state index contributed by atoms with van der Waals surface area (Å²) in [6, 6.07) is 0. The molecule has 0 unspecified atom stereocenters. The van der Waals surface area contributed by atoms with E-state index in [0.29, 0.717) is 6.54 Å². The van der Waals surface area contributed by atoms with Gasteiger partial charge in [-0.1, -0.05) is 0 Å². The molecule has 0 aromatic carbocycles. The molecule has 9 heteroatoms. The van der Waals surface area contributed by atoms with Crippen LogP contribution in [0.4, 0.5) is 8.78 Å². The number of nitrogens with zero attached hydrogens (tertiary/aromatic N) is 2. The standard InChI is InChI=1S/C9H16F2N4O2S/c1-12-3-2-4-15-7-8(5-13-15)18(16,17)14-6-9(10)11/h5,7,9,12,14H,2-4,6H2,1H3. The summed E-state index contributed by atoms with van der Waals surface area (Å²) < 4.78 is 50.3. The minimum Gasteiger partial charge on any atom is -0.320 e. The van der Waals surface area contributed by atoms with Crippen molar-refractivity contribution >= 4 is 10.0 Å². The van der Waals surface area contributed by atoms with Gasteiger partial charge in [-0.2, -0.15) is 5.10 Å². The van der Waals surface area contributed by atoms with E-state index < -0.39 is 23.0 Å². The number of alkyl halides is 2. The molecule has 2 N–H and O–H groups in total. The van der Waals surface area contributed by atoms with Gasteiger partial charge in [-0.3, -0.25) is 4.68 Å². The lowest BCUT2D eigenvalue weighted by molar-refractivity contribution is 0.153. The minimum atomic E-state index is -3.89. The van der Waals surface area contributed by atoms with Crippen LogP contribution >= 0.6 is 0 Å². The summed E-state index contributed by atoms with van der Waals surface area (Å²) in [7, 11) is -2.08. The van der Waals surface area contributed by atoms with Gasteiger partial charge in [0.25, 0.3) is 6.43 Å². The summed E-state index contributed by atoms with van der Waals surface area (Å²) in [5, 5.41) is 6.82. The predicted octanol–water partition coefficient (Wildman–Crippen LogP) is 0.0360. The second-order valence-corrected chi connectivity index (χ2v) is 5.41. The first kappa shape index (κ1) is 15.0. The largest absolute Gasteiger partial charge is 0.320 e. The van der Waals surface area contributed by atoms with Gasteiger partial charge in [0.1, 0.15) is 4.90 Å². The van der Waals surface area contributed by atoms with Crippen molar-refractivity contribution in [1.82, 2.24) is 19.8 Å². The normalized spacial score (nSPS) is 12.2. The van der Waals surface area contributed by atoms with E-state index in [1.807, 2.05) is 11.8 Å². The maximum absolute atomic E-state index is 11.9. The molecule has 0 spiro atoms. The van der Waals surface area contributed by atoms with E-state index in [4.69, 9.17) is 0 Å². The molecule has 0 aliphatic carbocycles. The average Bonchev–Trinajstić information content (AvgIpc) is 2.76. The number of aromatic nitrogens is 2. The number of halogens is 2. The number of hydrogen-bond donors (Lipinski definition) is 2. The summed E-state index contributed by atoms with van der Waals surface area (Å²) >= 11 is 0. The SMILES string of the molecule is CNCCCn1cc(S(=O)(=O)NCC(F)F)cn1. The Morgan fingerprint density at radius 3 is 2.83 bits per heavy atom. The second kappa shape index (κ2) is 6.76. The van der Waals surface area contributed by atoms with E-state index in [0.717, 1.165) is 19.2 Å². The van der Waals surface area contributed by atoms with Gasteiger partial charge in [0.05, 0.1) is 12.7 Å². The van der Waals surface area contributed by atoms with E-state index in [9.17, 15) is 17.2 Å². The van der Waals surface area contributed by atoms with E-state index >= 15 is 0 Å². The molecule has 104 valence electrons. The first-order valence-electron chi connectivity index (χ1n) is 5.40. The molecule has 0 amide bonds. The van der Waals surface area contributed by atoms with Crippen LogP contribution in [-0.4, -0.2) is 44.8 Å². The van der Waals surface area contributed by atoms with Gasteiger partial charge >= 0.3 is 0 Å². The maximum atomic E-state index is 11.9. The number of hydrogen-bond acceptors (Lipinski definition) is 4. The monoisotopic (exact) mass is 282 g/mol. The summed E-state index contributed by atoms with van der Waals surface area (Å²) in [6.45, 7) is 0.448. The number of aryl methyl sites for hydroxylation is 1. The average molecular weight is 282 g/mol. The Bertz CT molecular complexity index is 461. The molecule has 0 aliphatic heterocycles. The van der Waals surface area contributed by atoms with Crippen molar-refractivity contribution in [2.75, 3.05) is 20.1 Å². The van der Waals surface area contributed by atoms with Crippen LogP contribution in [0.1, 0.15) is 6.42 Å². The highest BCUT2D eigenvalue weighted by Crippen LogP contribution is 2.07. The van der Waals surface area contributed by atoms with Gasteiger partial charge in [0.15, 0.2) is 0 Å². The fourth-order valence-electron chi connectivity index (χ4n) is 1.28. The molecule has 0 fully saturated rings. The number of rotatable bonds is 8. The maximum Gasteiger partial charge on any atom is 0.251 e. The van der Waals surface area contributed by atoms with Crippen molar-refractivity contribution in [2.24, 2.45) is 0 Å².